The lowest BCUT2D eigenvalue weighted by molar-refractivity contribution is 0.0638. The fourth-order valence-corrected chi connectivity index (χ4v) is 5.29. The monoisotopic (exact) mass is 478 g/mol. The molecule has 1 saturated heterocycles. The van der Waals surface area contributed by atoms with E-state index >= 15 is 0 Å². The molecule has 1 fully saturated rings. The lowest BCUT2D eigenvalue weighted by Crippen LogP contribution is -2.44. The van der Waals surface area contributed by atoms with Crippen LogP contribution in [0.2, 0.25) is 0 Å². The van der Waals surface area contributed by atoms with Crippen LogP contribution in [0, 0.1) is 0 Å². The number of amides is 1. The topological polar surface area (TPSA) is 50.8 Å². The van der Waals surface area contributed by atoms with Crippen molar-refractivity contribution in [2.24, 2.45) is 0 Å². The van der Waals surface area contributed by atoms with Crippen LogP contribution < -0.4 is 10.1 Å². The van der Waals surface area contributed by atoms with Crippen molar-refractivity contribution < 1.29 is 14.3 Å². The quantitative estimate of drug-likeness (QED) is 0.343. The maximum absolute atomic E-state index is 13.9. The molecule has 0 bridgehead atoms. The van der Waals surface area contributed by atoms with Gasteiger partial charge in [0.15, 0.2) is 0 Å². The molecule has 2 heterocycles. The number of ether oxygens (including phenoxy) is 2. The van der Waals surface area contributed by atoms with Gasteiger partial charge >= 0.3 is 0 Å². The minimum absolute atomic E-state index is 0.0308. The highest BCUT2D eigenvalue weighted by Gasteiger charge is 2.35. The van der Waals surface area contributed by atoms with Crippen molar-refractivity contribution in [1.82, 2.24) is 4.90 Å². The third-order valence-corrected chi connectivity index (χ3v) is 7.16. The first-order valence-electron chi connectivity index (χ1n) is 12.7. The standard InChI is InChI=1S/C31H30N2O3/c34-31-26-14-6-7-15-27(26)32-30(33(31)19-18-22-9-2-1-3-10-22)29-25-13-5-4-11-23(25)16-17-28(29)36-21-24-12-8-20-35-24/h1-7,9-11,13-17,24,30,32H,8,12,18-21H2. The Balaban J connectivity index is 1.42. The summed E-state index contributed by atoms with van der Waals surface area (Å²) in [5, 5.41) is 5.88. The van der Waals surface area contributed by atoms with Gasteiger partial charge in [0.1, 0.15) is 18.5 Å². The smallest absolute Gasteiger partial charge is 0.257 e. The molecule has 0 aliphatic carbocycles. The zero-order valence-corrected chi connectivity index (χ0v) is 20.2. The van der Waals surface area contributed by atoms with Gasteiger partial charge in [-0.2, -0.15) is 0 Å². The molecule has 0 saturated carbocycles. The summed E-state index contributed by atoms with van der Waals surface area (Å²) in [5.74, 6) is 0.821. The number of carbonyl (C=O) groups is 1. The molecular formula is C31H30N2O3. The third-order valence-electron chi connectivity index (χ3n) is 7.16. The number of hydrogen-bond acceptors (Lipinski definition) is 4. The first-order valence-corrected chi connectivity index (χ1v) is 12.7. The predicted octanol–water partition coefficient (Wildman–Crippen LogP) is 6.21. The second-order valence-electron chi connectivity index (χ2n) is 9.47. The van der Waals surface area contributed by atoms with Gasteiger partial charge in [-0.1, -0.05) is 72.8 Å². The fraction of sp³-hybridized carbons (Fsp3) is 0.258. The Morgan fingerprint density at radius 3 is 2.58 bits per heavy atom. The Morgan fingerprint density at radius 2 is 1.72 bits per heavy atom. The lowest BCUT2D eigenvalue weighted by Gasteiger charge is -2.39. The molecule has 4 aromatic carbocycles. The minimum atomic E-state index is -0.360. The van der Waals surface area contributed by atoms with E-state index in [1.807, 2.05) is 65.6 Å². The van der Waals surface area contributed by atoms with Crippen molar-refractivity contribution in [1.29, 1.82) is 0 Å². The maximum Gasteiger partial charge on any atom is 0.257 e. The van der Waals surface area contributed by atoms with E-state index in [1.165, 1.54) is 5.56 Å². The number of hydrogen-bond donors (Lipinski definition) is 1. The van der Waals surface area contributed by atoms with E-state index < -0.39 is 0 Å². The van der Waals surface area contributed by atoms with E-state index in [0.717, 1.165) is 53.6 Å². The number of para-hydroxylation sites is 1. The minimum Gasteiger partial charge on any atom is -0.490 e. The second kappa shape index (κ2) is 10.0. The van der Waals surface area contributed by atoms with Gasteiger partial charge < -0.3 is 19.7 Å². The lowest BCUT2D eigenvalue weighted by atomic mass is 9.97. The molecule has 6 rings (SSSR count). The summed E-state index contributed by atoms with van der Waals surface area (Å²) in [4.78, 5) is 15.8. The van der Waals surface area contributed by atoms with E-state index in [0.29, 0.717) is 18.7 Å². The van der Waals surface area contributed by atoms with E-state index in [2.05, 4.69) is 35.6 Å². The highest BCUT2D eigenvalue weighted by Crippen LogP contribution is 2.41. The first-order chi connectivity index (χ1) is 17.8. The van der Waals surface area contributed by atoms with Crippen molar-refractivity contribution in [2.45, 2.75) is 31.5 Å². The Kier molecular flexibility index (Phi) is 6.31. The fourth-order valence-electron chi connectivity index (χ4n) is 5.29. The van der Waals surface area contributed by atoms with Gasteiger partial charge in [0.2, 0.25) is 0 Å². The van der Waals surface area contributed by atoms with Gasteiger partial charge in [0, 0.05) is 24.4 Å². The van der Waals surface area contributed by atoms with Gasteiger partial charge in [-0.3, -0.25) is 4.79 Å². The summed E-state index contributed by atoms with van der Waals surface area (Å²) in [5.41, 5.74) is 3.74. The summed E-state index contributed by atoms with van der Waals surface area (Å²) in [6, 6.07) is 30.5. The van der Waals surface area contributed by atoms with Gasteiger partial charge in [0.25, 0.3) is 5.91 Å². The number of carbonyl (C=O) groups excluding carboxylic acids is 1. The van der Waals surface area contributed by atoms with Crippen LogP contribution in [0.4, 0.5) is 5.69 Å². The number of anilines is 1. The second-order valence-corrected chi connectivity index (χ2v) is 9.47. The molecule has 1 N–H and O–H groups in total. The molecule has 182 valence electrons. The van der Waals surface area contributed by atoms with Gasteiger partial charge in [-0.05, 0) is 53.8 Å². The van der Waals surface area contributed by atoms with Crippen molar-refractivity contribution in [2.75, 3.05) is 25.1 Å². The van der Waals surface area contributed by atoms with Crippen LogP contribution in [0.15, 0.2) is 91.0 Å². The van der Waals surface area contributed by atoms with Gasteiger partial charge in [-0.25, -0.2) is 0 Å². The van der Waals surface area contributed by atoms with Crippen LogP contribution in [0.5, 0.6) is 5.75 Å². The molecule has 2 atom stereocenters. The van der Waals surface area contributed by atoms with Crippen molar-refractivity contribution in [3.8, 4) is 5.75 Å². The number of nitrogens with zero attached hydrogens (tertiary/aromatic N) is 1. The Morgan fingerprint density at radius 1 is 0.917 bits per heavy atom. The number of benzene rings is 4. The van der Waals surface area contributed by atoms with Crippen LogP contribution in [0.3, 0.4) is 0 Å². The van der Waals surface area contributed by atoms with Crippen LogP contribution in [-0.2, 0) is 11.2 Å². The van der Waals surface area contributed by atoms with Crippen LogP contribution >= 0.6 is 0 Å². The molecule has 0 aromatic heterocycles. The highest BCUT2D eigenvalue weighted by atomic mass is 16.5. The summed E-state index contributed by atoms with van der Waals surface area (Å²) >= 11 is 0. The van der Waals surface area contributed by atoms with E-state index in [4.69, 9.17) is 9.47 Å². The number of fused-ring (bicyclic) bond motifs is 2. The predicted molar refractivity (Wildman–Crippen MR) is 142 cm³/mol. The van der Waals surface area contributed by atoms with Crippen LogP contribution in [0.1, 0.15) is 40.5 Å². The zero-order valence-electron chi connectivity index (χ0n) is 20.2. The molecule has 1 amide bonds. The normalized spacial score (nSPS) is 19.2. The highest BCUT2D eigenvalue weighted by molar-refractivity contribution is 6.02. The number of nitrogens with one attached hydrogen (secondary N) is 1. The summed E-state index contributed by atoms with van der Waals surface area (Å²) < 4.78 is 12.2. The molecule has 36 heavy (non-hydrogen) atoms. The zero-order chi connectivity index (χ0) is 24.3. The molecule has 5 nitrogen and oxygen atoms in total. The number of rotatable bonds is 7. The molecule has 4 aromatic rings. The average Bonchev–Trinajstić information content (AvgIpc) is 3.45. The van der Waals surface area contributed by atoms with Crippen LogP contribution in [-0.4, -0.2) is 36.7 Å². The van der Waals surface area contributed by atoms with Crippen molar-refractivity contribution >= 4 is 22.4 Å². The van der Waals surface area contributed by atoms with Gasteiger partial charge in [-0.15, -0.1) is 0 Å². The first kappa shape index (κ1) is 22.6. The summed E-state index contributed by atoms with van der Waals surface area (Å²) in [6.45, 7) is 1.89. The van der Waals surface area contributed by atoms with E-state index in [-0.39, 0.29) is 18.2 Å². The summed E-state index contributed by atoms with van der Waals surface area (Å²) in [7, 11) is 0. The van der Waals surface area contributed by atoms with Gasteiger partial charge in [0.05, 0.1) is 11.7 Å². The molecule has 5 heteroatoms. The van der Waals surface area contributed by atoms with Crippen molar-refractivity contribution in [3.63, 3.8) is 0 Å². The molecule has 2 unspecified atom stereocenters. The Bertz CT molecular complexity index is 1360. The SMILES string of the molecule is O=C1c2ccccc2NC(c2c(OCC3CCCO3)ccc3ccccc23)N1CCc1ccccc1. The largest absolute Gasteiger partial charge is 0.490 e. The molecule has 0 spiro atoms. The van der Waals surface area contributed by atoms with E-state index in [9.17, 15) is 4.79 Å². The average molecular weight is 479 g/mol. The third kappa shape index (κ3) is 4.42. The molecule has 2 aliphatic heterocycles. The Hall–Kier alpha value is -3.83. The van der Waals surface area contributed by atoms with E-state index in [1.54, 1.807) is 0 Å². The molecule has 2 aliphatic rings. The van der Waals surface area contributed by atoms with Crippen LogP contribution in [0.25, 0.3) is 10.8 Å². The molecular weight excluding hydrogens is 448 g/mol. The summed E-state index contributed by atoms with van der Waals surface area (Å²) in [6.07, 6.45) is 2.60. The Labute approximate surface area is 211 Å². The molecule has 0 radical (unpaired) electrons. The maximum atomic E-state index is 13.9. The van der Waals surface area contributed by atoms with Crippen molar-refractivity contribution in [3.05, 3.63) is 108 Å².